The van der Waals surface area contributed by atoms with E-state index in [1.807, 2.05) is 0 Å². The molecule has 29 heavy (non-hydrogen) atoms. The molecule has 0 bridgehead atoms. The van der Waals surface area contributed by atoms with Crippen molar-refractivity contribution in [1.29, 1.82) is 0 Å². The second kappa shape index (κ2) is 6.51. The van der Waals surface area contributed by atoms with Gasteiger partial charge in [-0.3, -0.25) is 14.5 Å². The average molecular weight is 391 g/mol. The highest BCUT2D eigenvalue weighted by atomic mass is 16.5. The van der Waals surface area contributed by atoms with E-state index >= 15 is 0 Å². The molecule has 3 heterocycles. The number of hydrogen-bond donors (Lipinski definition) is 0. The summed E-state index contributed by atoms with van der Waals surface area (Å²) in [6.45, 7) is 1.63. The number of aryl methyl sites for hydroxylation is 1. The van der Waals surface area contributed by atoms with Crippen LogP contribution in [-0.2, 0) is 4.74 Å². The zero-order valence-corrected chi connectivity index (χ0v) is 15.7. The Labute approximate surface area is 165 Å². The third-order valence-electron chi connectivity index (χ3n) is 5.28. The minimum absolute atomic E-state index is 0.00951. The third kappa shape index (κ3) is 2.88. The molecule has 1 aliphatic heterocycles. The van der Waals surface area contributed by atoms with Crippen LogP contribution in [0.2, 0.25) is 0 Å². The zero-order valence-electron chi connectivity index (χ0n) is 15.7. The first kappa shape index (κ1) is 17.5. The van der Waals surface area contributed by atoms with E-state index in [1.165, 1.54) is 0 Å². The standard InChI is InChI=1S/C21H17N3O5/c1-11-17-15(10-16(12-6-7-12)22-18(17)29-23-11)21(27)28-9-8-24-19(25)13-4-2-3-5-14(13)20(24)26/h2-5,10,12H,6-9H2,1H3. The van der Waals surface area contributed by atoms with Gasteiger partial charge in [-0.1, -0.05) is 17.3 Å². The monoisotopic (exact) mass is 391 g/mol. The SMILES string of the molecule is Cc1noc2nc(C3CC3)cc(C(=O)OCCN3C(=O)c4ccccc4C3=O)c12. The van der Waals surface area contributed by atoms with Gasteiger partial charge in [-0.2, -0.15) is 0 Å². The topological polar surface area (TPSA) is 103 Å². The van der Waals surface area contributed by atoms with Gasteiger partial charge in [0.2, 0.25) is 0 Å². The first-order chi connectivity index (χ1) is 14.0. The molecule has 8 heteroatoms. The van der Waals surface area contributed by atoms with Crippen LogP contribution in [0.4, 0.5) is 0 Å². The van der Waals surface area contributed by atoms with E-state index in [0.717, 1.165) is 23.4 Å². The number of benzene rings is 1. The zero-order chi connectivity index (χ0) is 20.1. The maximum Gasteiger partial charge on any atom is 0.339 e. The summed E-state index contributed by atoms with van der Waals surface area (Å²) in [5, 5.41) is 4.43. The number of ether oxygens (including phenoxy) is 1. The Morgan fingerprint density at radius 3 is 2.55 bits per heavy atom. The molecular formula is C21H17N3O5. The highest BCUT2D eigenvalue weighted by molar-refractivity contribution is 6.21. The molecule has 1 fully saturated rings. The summed E-state index contributed by atoms with van der Waals surface area (Å²) in [5.74, 6) is -0.977. The molecule has 1 aliphatic carbocycles. The number of carbonyl (C=O) groups is 3. The van der Waals surface area contributed by atoms with Crippen LogP contribution < -0.4 is 0 Å². The van der Waals surface area contributed by atoms with E-state index in [1.54, 1.807) is 37.3 Å². The van der Waals surface area contributed by atoms with E-state index in [4.69, 9.17) is 9.26 Å². The molecule has 0 atom stereocenters. The van der Waals surface area contributed by atoms with Crippen molar-refractivity contribution < 1.29 is 23.6 Å². The van der Waals surface area contributed by atoms with Crippen LogP contribution in [0.1, 0.15) is 61.2 Å². The Balaban J connectivity index is 1.33. The third-order valence-corrected chi connectivity index (χ3v) is 5.28. The van der Waals surface area contributed by atoms with Gasteiger partial charge in [0.15, 0.2) is 0 Å². The quantitative estimate of drug-likeness (QED) is 0.487. The summed E-state index contributed by atoms with van der Waals surface area (Å²) in [5.41, 5.74) is 2.75. The minimum Gasteiger partial charge on any atom is -0.460 e. The molecular weight excluding hydrogens is 374 g/mol. The number of carbonyl (C=O) groups excluding carboxylic acids is 3. The predicted molar refractivity (Wildman–Crippen MR) is 101 cm³/mol. The Morgan fingerprint density at radius 2 is 1.90 bits per heavy atom. The van der Waals surface area contributed by atoms with Crippen LogP contribution in [0.25, 0.3) is 11.1 Å². The van der Waals surface area contributed by atoms with Gasteiger partial charge in [-0.05, 0) is 38.0 Å². The number of amides is 2. The van der Waals surface area contributed by atoms with Gasteiger partial charge >= 0.3 is 5.97 Å². The number of fused-ring (bicyclic) bond motifs is 2. The van der Waals surface area contributed by atoms with Gasteiger partial charge in [-0.15, -0.1) is 0 Å². The van der Waals surface area contributed by atoms with Crippen molar-refractivity contribution in [3.8, 4) is 0 Å². The Bertz CT molecular complexity index is 1140. The fourth-order valence-electron chi connectivity index (χ4n) is 3.61. The maximum atomic E-state index is 12.8. The van der Waals surface area contributed by atoms with E-state index in [2.05, 4.69) is 10.1 Å². The van der Waals surface area contributed by atoms with Crippen LogP contribution in [0.15, 0.2) is 34.9 Å². The number of aromatic nitrogens is 2. The maximum absolute atomic E-state index is 12.8. The number of esters is 1. The molecule has 2 aliphatic rings. The van der Waals surface area contributed by atoms with Gasteiger partial charge in [0, 0.05) is 11.6 Å². The molecule has 0 saturated heterocycles. The Hall–Kier alpha value is -3.55. The van der Waals surface area contributed by atoms with Crippen LogP contribution in [0.5, 0.6) is 0 Å². The second-order valence-electron chi connectivity index (χ2n) is 7.26. The molecule has 1 aromatic carbocycles. The number of imide groups is 1. The fraction of sp³-hybridized carbons (Fsp3) is 0.286. The fourth-order valence-corrected chi connectivity index (χ4v) is 3.61. The molecule has 146 valence electrons. The molecule has 8 nitrogen and oxygen atoms in total. The molecule has 0 radical (unpaired) electrons. The lowest BCUT2D eigenvalue weighted by atomic mass is 10.1. The summed E-state index contributed by atoms with van der Waals surface area (Å²) >= 11 is 0. The lowest BCUT2D eigenvalue weighted by molar-refractivity contribution is 0.0422. The van der Waals surface area contributed by atoms with Crippen LogP contribution in [-0.4, -0.2) is 46.0 Å². The summed E-state index contributed by atoms with van der Waals surface area (Å²) in [7, 11) is 0. The summed E-state index contributed by atoms with van der Waals surface area (Å²) in [6, 6.07) is 8.38. The van der Waals surface area contributed by atoms with Crippen molar-refractivity contribution in [2.24, 2.45) is 0 Å². The summed E-state index contributed by atoms with van der Waals surface area (Å²) in [4.78, 5) is 43.1. The van der Waals surface area contributed by atoms with E-state index < -0.39 is 5.97 Å². The highest BCUT2D eigenvalue weighted by Crippen LogP contribution is 2.40. The van der Waals surface area contributed by atoms with E-state index in [0.29, 0.717) is 39.4 Å². The van der Waals surface area contributed by atoms with Gasteiger partial charge < -0.3 is 9.26 Å². The summed E-state index contributed by atoms with van der Waals surface area (Å²) in [6.07, 6.45) is 2.06. The van der Waals surface area contributed by atoms with Crippen LogP contribution in [0.3, 0.4) is 0 Å². The van der Waals surface area contributed by atoms with Crippen LogP contribution >= 0.6 is 0 Å². The molecule has 2 amide bonds. The van der Waals surface area contributed by atoms with E-state index in [9.17, 15) is 14.4 Å². The van der Waals surface area contributed by atoms with Gasteiger partial charge in [0.05, 0.1) is 34.3 Å². The molecule has 3 aromatic rings. The minimum atomic E-state index is -0.554. The number of pyridine rings is 1. The molecule has 0 spiro atoms. The van der Waals surface area contributed by atoms with Gasteiger partial charge in [-0.25, -0.2) is 9.78 Å². The van der Waals surface area contributed by atoms with Crippen molar-refractivity contribution in [2.45, 2.75) is 25.7 Å². The van der Waals surface area contributed by atoms with Crippen molar-refractivity contribution >= 4 is 28.9 Å². The van der Waals surface area contributed by atoms with Crippen molar-refractivity contribution in [1.82, 2.24) is 15.0 Å². The number of nitrogens with zero attached hydrogens (tertiary/aromatic N) is 3. The van der Waals surface area contributed by atoms with Crippen LogP contribution in [0, 0.1) is 6.92 Å². The molecule has 2 aromatic heterocycles. The predicted octanol–water partition coefficient (Wildman–Crippen LogP) is 2.86. The van der Waals surface area contributed by atoms with Gasteiger partial charge in [0.1, 0.15) is 6.61 Å². The van der Waals surface area contributed by atoms with E-state index in [-0.39, 0.29) is 25.0 Å². The Morgan fingerprint density at radius 1 is 1.21 bits per heavy atom. The normalized spacial score (nSPS) is 15.8. The number of hydrogen-bond acceptors (Lipinski definition) is 7. The van der Waals surface area contributed by atoms with Gasteiger partial charge in [0.25, 0.3) is 17.5 Å². The molecule has 0 unspecified atom stereocenters. The van der Waals surface area contributed by atoms with Crippen molar-refractivity contribution in [3.05, 3.63) is 58.4 Å². The Kier molecular flexibility index (Phi) is 3.94. The van der Waals surface area contributed by atoms with Crippen molar-refractivity contribution in [2.75, 3.05) is 13.2 Å². The lowest BCUT2D eigenvalue weighted by Gasteiger charge is -2.14. The molecule has 5 rings (SSSR count). The first-order valence-corrected chi connectivity index (χ1v) is 9.44. The first-order valence-electron chi connectivity index (χ1n) is 9.44. The smallest absolute Gasteiger partial charge is 0.339 e. The molecule has 1 saturated carbocycles. The lowest BCUT2D eigenvalue weighted by Crippen LogP contribution is -2.33. The second-order valence-corrected chi connectivity index (χ2v) is 7.26. The largest absolute Gasteiger partial charge is 0.460 e. The highest BCUT2D eigenvalue weighted by Gasteiger charge is 2.35. The average Bonchev–Trinajstić information content (AvgIpc) is 3.48. The summed E-state index contributed by atoms with van der Waals surface area (Å²) < 4.78 is 10.6. The van der Waals surface area contributed by atoms with Crippen molar-refractivity contribution in [3.63, 3.8) is 0 Å². The number of rotatable bonds is 5. The molecule has 0 N–H and O–H groups in total.